The number of hydrogen-bond acceptors (Lipinski definition) is 3. The first-order valence-electron chi connectivity index (χ1n) is 5.90. The van der Waals surface area contributed by atoms with Crippen molar-refractivity contribution in [2.24, 2.45) is 5.14 Å². The van der Waals surface area contributed by atoms with Crippen LogP contribution in [0.1, 0.15) is 11.1 Å². The number of sulfonamides is 1. The number of nitrogens with one attached hydrogen (secondary N) is 1. The van der Waals surface area contributed by atoms with Crippen molar-refractivity contribution in [1.29, 1.82) is 0 Å². The molecule has 0 saturated carbocycles. The normalized spacial score (nSPS) is 11.2. The van der Waals surface area contributed by atoms with Crippen molar-refractivity contribution < 1.29 is 8.42 Å². The van der Waals surface area contributed by atoms with Crippen LogP contribution in [0.5, 0.6) is 0 Å². The standard InChI is InChI=1S/C14H16N2O2S/c15-19(17,18)11-13-6-8-14(9-7-13)16-10-12-4-2-1-3-5-12/h1-9,16H,10-11H2,(H2,15,17,18). The minimum absolute atomic E-state index is 0.133. The maximum Gasteiger partial charge on any atom is 0.213 e. The fourth-order valence-corrected chi connectivity index (χ4v) is 2.41. The Morgan fingerprint density at radius 2 is 1.53 bits per heavy atom. The molecule has 0 atom stereocenters. The third kappa shape index (κ3) is 4.73. The van der Waals surface area contributed by atoms with E-state index in [9.17, 15) is 8.42 Å². The Morgan fingerprint density at radius 3 is 2.11 bits per heavy atom. The summed E-state index contributed by atoms with van der Waals surface area (Å²) in [7, 11) is -3.47. The fourth-order valence-electron chi connectivity index (χ4n) is 1.75. The molecule has 0 aliphatic heterocycles. The Morgan fingerprint density at radius 1 is 0.895 bits per heavy atom. The second-order valence-electron chi connectivity index (χ2n) is 4.34. The summed E-state index contributed by atoms with van der Waals surface area (Å²) in [5.74, 6) is -0.133. The molecule has 2 aromatic rings. The number of nitrogens with two attached hydrogens (primary N) is 1. The second kappa shape index (κ2) is 5.86. The summed E-state index contributed by atoms with van der Waals surface area (Å²) in [4.78, 5) is 0. The van der Waals surface area contributed by atoms with E-state index >= 15 is 0 Å². The summed E-state index contributed by atoms with van der Waals surface area (Å²) in [6.07, 6.45) is 0. The van der Waals surface area contributed by atoms with Gasteiger partial charge in [-0.05, 0) is 23.3 Å². The van der Waals surface area contributed by atoms with Crippen LogP contribution >= 0.6 is 0 Å². The first-order chi connectivity index (χ1) is 9.03. The van der Waals surface area contributed by atoms with Gasteiger partial charge in [0.25, 0.3) is 0 Å². The largest absolute Gasteiger partial charge is 0.381 e. The molecule has 0 radical (unpaired) electrons. The molecule has 3 N–H and O–H groups in total. The predicted octanol–water partition coefficient (Wildman–Crippen LogP) is 2.09. The average Bonchev–Trinajstić information content (AvgIpc) is 2.37. The van der Waals surface area contributed by atoms with Crippen LogP contribution in [0.15, 0.2) is 54.6 Å². The van der Waals surface area contributed by atoms with Crippen molar-refractivity contribution in [2.75, 3.05) is 5.32 Å². The smallest absolute Gasteiger partial charge is 0.213 e. The van der Waals surface area contributed by atoms with Gasteiger partial charge in [-0.25, -0.2) is 13.6 Å². The Hall–Kier alpha value is -1.85. The van der Waals surface area contributed by atoms with Crippen LogP contribution < -0.4 is 10.5 Å². The van der Waals surface area contributed by atoms with Gasteiger partial charge in [-0.2, -0.15) is 0 Å². The highest BCUT2D eigenvalue weighted by Crippen LogP contribution is 2.12. The van der Waals surface area contributed by atoms with Crippen LogP contribution in [0.3, 0.4) is 0 Å². The molecule has 0 spiro atoms. The molecule has 2 rings (SSSR count). The lowest BCUT2D eigenvalue weighted by Crippen LogP contribution is -2.14. The van der Waals surface area contributed by atoms with Gasteiger partial charge in [0.05, 0.1) is 5.75 Å². The van der Waals surface area contributed by atoms with E-state index in [4.69, 9.17) is 5.14 Å². The number of rotatable bonds is 5. The van der Waals surface area contributed by atoms with Crippen LogP contribution in [0, 0.1) is 0 Å². The van der Waals surface area contributed by atoms with Gasteiger partial charge in [-0.1, -0.05) is 42.5 Å². The Labute approximate surface area is 113 Å². The molecule has 0 aliphatic carbocycles. The van der Waals surface area contributed by atoms with Gasteiger partial charge >= 0.3 is 0 Å². The molecule has 2 aromatic carbocycles. The molecular weight excluding hydrogens is 260 g/mol. The van der Waals surface area contributed by atoms with Crippen LogP contribution in [-0.4, -0.2) is 8.42 Å². The number of hydrogen-bond donors (Lipinski definition) is 2. The third-order valence-corrected chi connectivity index (χ3v) is 3.40. The maximum atomic E-state index is 11.0. The fraction of sp³-hybridized carbons (Fsp3) is 0.143. The van der Waals surface area contributed by atoms with Crippen molar-refractivity contribution in [2.45, 2.75) is 12.3 Å². The molecule has 0 aliphatic rings. The highest BCUT2D eigenvalue weighted by atomic mass is 32.2. The van der Waals surface area contributed by atoms with Gasteiger partial charge in [-0.15, -0.1) is 0 Å². The highest BCUT2D eigenvalue weighted by Gasteiger charge is 2.04. The minimum atomic E-state index is -3.47. The zero-order valence-corrected chi connectivity index (χ0v) is 11.2. The molecule has 100 valence electrons. The van der Waals surface area contributed by atoms with E-state index in [0.29, 0.717) is 5.56 Å². The minimum Gasteiger partial charge on any atom is -0.381 e. The van der Waals surface area contributed by atoms with Crippen molar-refractivity contribution in [3.05, 3.63) is 65.7 Å². The Bertz CT molecular complexity index is 622. The molecule has 0 aromatic heterocycles. The lowest BCUT2D eigenvalue weighted by atomic mass is 10.2. The van der Waals surface area contributed by atoms with Crippen molar-refractivity contribution >= 4 is 15.7 Å². The Kier molecular flexibility index (Phi) is 4.19. The van der Waals surface area contributed by atoms with Crippen LogP contribution in [0.2, 0.25) is 0 Å². The zero-order valence-electron chi connectivity index (χ0n) is 10.4. The SMILES string of the molecule is NS(=O)(=O)Cc1ccc(NCc2ccccc2)cc1. The molecule has 0 unspecified atom stereocenters. The van der Waals surface area contributed by atoms with Gasteiger partial charge in [0.2, 0.25) is 10.0 Å². The number of anilines is 1. The lowest BCUT2D eigenvalue weighted by Gasteiger charge is -2.07. The van der Waals surface area contributed by atoms with E-state index in [-0.39, 0.29) is 5.75 Å². The van der Waals surface area contributed by atoms with Gasteiger partial charge in [-0.3, -0.25) is 0 Å². The first kappa shape index (κ1) is 13.6. The van der Waals surface area contributed by atoms with Gasteiger partial charge in [0.1, 0.15) is 0 Å². The molecule has 19 heavy (non-hydrogen) atoms. The quantitative estimate of drug-likeness (QED) is 0.878. The lowest BCUT2D eigenvalue weighted by molar-refractivity contribution is 0.597. The molecule has 0 saturated heterocycles. The summed E-state index contributed by atoms with van der Waals surface area (Å²) in [6, 6.07) is 17.3. The van der Waals surface area contributed by atoms with Gasteiger partial charge < -0.3 is 5.32 Å². The summed E-state index contributed by atoms with van der Waals surface area (Å²) in [5, 5.41) is 8.27. The average molecular weight is 276 g/mol. The molecule has 0 bridgehead atoms. The molecule has 4 nitrogen and oxygen atoms in total. The molecule has 5 heteroatoms. The molecular formula is C14H16N2O2S. The molecule has 0 heterocycles. The summed E-state index contributed by atoms with van der Waals surface area (Å²) >= 11 is 0. The van der Waals surface area contributed by atoms with Crippen molar-refractivity contribution in [1.82, 2.24) is 0 Å². The maximum absolute atomic E-state index is 11.0. The van der Waals surface area contributed by atoms with Gasteiger partial charge in [0.15, 0.2) is 0 Å². The summed E-state index contributed by atoms with van der Waals surface area (Å²) in [6.45, 7) is 0.732. The topological polar surface area (TPSA) is 72.2 Å². The van der Waals surface area contributed by atoms with E-state index in [1.807, 2.05) is 42.5 Å². The molecule has 0 amide bonds. The first-order valence-corrected chi connectivity index (χ1v) is 7.62. The van der Waals surface area contributed by atoms with Crippen molar-refractivity contribution in [3.63, 3.8) is 0 Å². The highest BCUT2D eigenvalue weighted by molar-refractivity contribution is 7.88. The van der Waals surface area contributed by atoms with E-state index in [2.05, 4.69) is 5.32 Å². The summed E-state index contributed by atoms with van der Waals surface area (Å²) < 4.78 is 21.9. The van der Waals surface area contributed by atoms with Crippen molar-refractivity contribution in [3.8, 4) is 0 Å². The van der Waals surface area contributed by atoms with E-state index in [0.717, 1.165) is 12.2 Å². The molecule has 0 fully saturated rings. The van der Waals surface area contributed by atoms with E-state index in [1.54, 1.807) is 12.1 Å². The zero-order chi connectivity index (χ0) is 13.7. The Balaban J connectivity index is 1.96. The number of primary sulfonamides is 1. The van der Waals surface area contributed by atoms with Crippen LogP contribution in [0.25, 0.3) is 0 Å². The van der Waals surface area contributed by atoms with Crippen LogP contribution in [0.4, 0.5) is 5.69 Å². The van der Waals surface area contributed by atoms with E-state index < -0.39 is 10.0 Å². The third-order valence-electron chi connectivity index (χ3n) is 2.66. The van der Waals surface area contributed by atoms with Crippen LogP contribution in [-0.2, 0) is 22.3 Å². The summed E-state index contributed by atoms with van der Waals surface area (Å²) in [5.41, 5.74) is 2.82. The monoisotopic (exact) mass is 276 g/mol. The van der Waals surface area contributed by atoms with E-state index in [1.165, 1.54) is 5.56 Å². The second-order valence-corrected chi connectivity index (χ2v) is 5.96. The van der Waals surface area contributed by atoms with Gasteiger partial charge in [0, 0.05) is 12.2 Å². The number of benzene rings is 2. The predicted molar refractivity (Wildman–Crippen MR) is 77.0 cm³/mol.